The highest BCUT2D eigenvalue weighted by atomic mass is 16.3. The quantitative estimate of drug-likeness (QED) is 0.856. The van der Waals surface area contributed by atoms with Crippen molar-refractivity contribution in [2.75, 3.05) is 0 Å². The molecule has 2 heterocycles. The molecule has 1 aromatic heterocycles. The molecule has 1 amide bonds. The molecule has 0 aromatic carbocycles. The third-order valence-corrected chi connectivity index (χ3v) is 4.23. The Labute approximate surface area is 139 Å². The first kappa shape index (κ1) is 15.9. The second-order valence-corrected chi connectivity index (χ2v) is 5.93. The molecule has 1 unspecified atom stereocenters. The van der Waals surface area contributed by atoms with Gasteiger partial charge in [0.05, 0.1) is 23.3 Å². The Morgan fingerprint density at radius 3 is 2.79 bits per heavy atom. The van der Waals surface area contributed by atoms with Crippen LogP contribution in [0.5, 0.6) is 0 Å². The maximum Gasteiger partial charge on any atom is 0.235 e. The van der Waals surface area contributed by atoms with E-state index in [4.69, 9.17) is 10.2 Å². The number of nitrogens with two attached hydrogens (primary N) is 1. The molecule has 1 aromatic rings. The fourth-order valence-electron chi connectivity index (χ4n) is 3.26. The Kier molecular flexibility index (Phi) is 3.89. The van der Waals surface area contributed by atoms with E-state index < -0.39 is 5.92 Å². The van der Waals surface area contributed by atoms with E-state index >= 15 is 0 Å². The van der Waals surface area contributed by atoms with Gasteiger partial charge in [0, 0.05) is 18.9 Å². The van der Waals surface area contributed by atoms with Crippen molar-refractivity contribution in [2.24, 2.45) is 5.73 Å². The van der Waals surface area contributed by atoms with Gasteiger partial charge in [0.25, 0.3) is 0 Å². The topological polar surface area (TPSA) is 112 Å². The smallest absolute Gasteiger partial charge is 0.235 e. The summed E-state index contributed by atoms with van der Waals surface area (Å²) in [5, 5.41) is 11.0. The van der Waals surface area contributed by atoms with Crippen LogP contribution in [0.3, 0.4) is 0 Å². The predicted octanol–water partition coefficient (Wildman–Crippen LogP) is 1.74. The molecule has 0 bridgehead atoms. The van der Waals surface area contributed by atoms with E-state index in [0.717, 1.165) is 0 Å². The van der Waals surface area contributed by atoms with Gasteiger partial charge in [-0.3, -0.25) is 15.0 Å². The van der Waals surface area contributed by atoms with Gasteiger partial charge < -0.3 is 10.2 Å². The van der Waals surface area contributed by atoms with E-state index in [2.05, 4.69) is 11.5 Å². The lowest BCUT2D eigenvalue weighted by Crippen LogP contribution is -2.47. The lowest BCUT2D eigenvalue weighted by molar-refractivity contribution is -0.123. The molecule has 1 aliphatic carbocycles. The molecule has 0 fully saturated rings. The van der Waals surface area contributed by atoms with Gasteiger partial charge >= 0.3 is 0 Å². The Morgan fingerprint density at radius 1 is 1.46 bits per heavy atom. The molecule has 1 aliphatic heterocycles. The fraction of sp³-hybridized carbons (Fsp3) is 0.353. The highest BCUT2D eigenvalue weighted by molar-refractivity contribution is 5.99. The molecular formula is C17H18N4O3. The fourth-order valence-corrected chi connectivity index (χ4v) is 3.26. The van der Waals surface area contributed by atoms with E-state index in [0.29, 0.717) is 42.1 Å². The monoisotopic (exact) mass is 326 g/mol. The third-order valence-electron chi connectivity index (χ3n) is 4.23. The van der Waals surface area contributed by atoms with Gasteiger partial charge in [-0.05, 0) is 31.9 Å². The van der Waals surface area contributed by atoms with E-state index in [1.807, 2.05) is 0 Å². The molecule has 124 valence electrons. The molecule has 7 heteroatoms. The van der Waals surface area contributed by atoms with Crippen molar-refractivity contribution >= 4 is 11.7 Å². The zero-order valence-electron chi connectivity index (χ0n) is 13.5. The Hall–Kier alpha value is -3.01. The number of nitrogens with one attached hydrogen (secondary N) is 1. The Balaban J connectivity index is 2.22. The number of furan rings is 1. The van der Waals surface area contributed by atoms with Crippen LogP contribution in [0.25, 0.3) is 0 Å². The number of hydrogen-bond acceptors (Lipinski definition) is 6. The number of carbonyl (C=O) groups is 2. The van der Waals surface area contributed by atoms with Crippen LogP contribution in [0, 0.1) is 18.3 Å². The standard InChI is InChI=1S/C17H18N4O3/c1-9-6-7-14(24-9)15-11(8-18)17(19)21(20-10(2)22)12-4-3-5-13(23)16(12)15/h6-7,15H,3-5,19H2,1-2H3,(H,20,22). The summed E-state index contributed by atoms with van der Waals surface area (Å²) in [6.07, 6.45) is 1.67. The van der Waals surface area contributed by atoms with E-state index in [1.54, 1.807) is 19.1 Å². The van der Waals surface area contributed by atoms with Crippen LogP contribution in [0.4, 0.5) is 0 Å². The van der Waals surface area contributed by atoms with Crippen LogP contribution in [0.2, 0.25) is 0 Å². The van der Waals surface area contributed by atoms with Gasteiger partial charge in [0.2, 0.25) is 5.91 Å². The maximum atomic E-state index is 12.6. The van der Waals surface area contributed by atoms with Crippen LogP contribution in [0.1, 0.15) is 43.6 Å². The maximum absolute atomic E-state index is 12.6. The Bertz CT molecular complexity index is 825. The third kappa shape index (κ3) is 2.46. The number of ketones is 1. The molecule has 0 saturated heterocycles. The largest absolute Gasteiger partial charge is 0.465 e. The molecule has 1 atom stereocenters. The molecule has 2 aliphatic rings. The van der Waals surface area contributed by atoms with Gasteiger partial charge in [-0.1, -0.05) is 0 Å². The summed E-state index contributed by atoms with van der Waals surface area (Å²) in [6.45, 7) is 3.15. The van der Waals surface area contributed by atoms with E-state index in [-0.39, 0.29) is 23.1 Å². The van der Waals surface area contributed by atoms with Crippen LogP contribution in [-0.4, -0.2) is 16.7 Å². The summed E-state index contributed by atoms with van der Waals surface area (Å²) >= 11 is 0. The predicted molar refractivity (Wildman–Crippen MR) is 84.6 cm³/mol. The minimum atomic E-state index is -0.628. The van der Waals surface area contributed by atoms with Crippen molar-refractivity contribution in [1.29, 1.82) is 5.26 Å². The summed E-state index contributed by atoms with van der Waals surface area (Å²) < 4.78 is 5.68. The lowest BCUT2D eigenvalue weighted by atomic mass is 9.78. The normalized spacial score (nSPS) is 20.8. The van der Waals surface area contributed by atoms with Gasteiger partial charge in [-0.2, -0.15) is 5.26 Å². The summed E-state index contributed by atoms with van der Waals surface area (Å²) in [5.41, 5.74) is 10.1. The van der Waals surface area contributed by atoms with Gasteiger partial charge in [0.15, 0.2) is 5.78 Å². The Morgan fingerprint density at radius 2 is 2.21 bits per heavy atom. The first-order chi connectivity index (χ1) is 11.4. The summed E-state index contributed by atoms with van der Waals surface area (Å²) in [7, 11) is 0. The summed E-state index contributed by atoms with van der Waals surface area (Å²) in [6, 6.07) is 5.62. The number of allylic oxidation sites excluding steroid dienone is 3. The average molecular weight is 326 g/mol. The van der Waals surface area contributed by atoms with E-state index in [9.17, 15) is 14.9 Å². The SMILES string of the molecule is CC(=O)NN1C(N)=C(C#N)C(c2ccc(C)o2)C2=C1CCCC2=O. The number of aryl methyl sites for hydroxylation is 1. The number of nitrogens with zero attached hydrogens (tertiary/aromatic N) is 2. The van der Waals surface area contributed by atoms with E-state index in [1.165, 1.54) is 11.9 Å². The van der Waals surface area contributed by atoms with Crippen molar-refractivity contribution in [1.82, 2.24) is 10.4 Å². The number of amides is 1. The van der Waals surface area contributed by atoms with Crippen LogP contribution >= 0.6 is 0 Å². The number of hydrogen-bond donors (Lipinski definition) is 2. The molecule has 0 spiro atoms. The highest BCUT2D eigenvalue weighted by Crippen LogP contribution is 2.44. The highest BCUT2D eigenvalue weighted by Gasteiger charge is 2.41. The van der Waals surface area contributed by atoms with Crippen molar-refractivity contribution in [2.45, 2.75) is 39.0 Å². The number of nitriles is 1. The van der Waals surface area contributed by atoms with Crippen molar-refractivity contribution in [3.8, 4) is 6.07 Å². The number of Topliss-reactive ketones (excluding diaryl/α,β-unsaturated/α-hetero) is 1. The van der Waals surface area contributed by atoms with Crippen molar-refractivity contribution in [3.63, 3.8) is 0 Å². The number of rotatable bonds is 2. The summed E-state index contributed by atoms with van der Waals surface area (Å²) in [5.74, 6) is 0.322. The first-order valence-corrected chi connectivity index (χ1v) is 7.73. The van der Waals surface area contributed by atoms with Crippen molar-refractivity contribution < 1.29 is 14.0 Å². The minimum absolute atomic E-state index is 0.0501. The molecular weight excluding hydrogens is 308 g/mol. The van der Waals surface area contributed by atoms with Crippen molar-refractivity contribution in [3.05, 3.63) is 46.3 Å². The minimum Gasteiger partial charge on any atom is -0.465 e. The zero-order valence-corrected chi connectivity index (χ0v) is 13.5. The molecule has 0 saturated carbocycles. The first-order valence-electron chi connectivity index (χ1n) is 7.73. The molecule has 3 N–H and O–H groups in total. The molecule has 3 rings (SSSR count). The second kappa shape index (κ2) is 5.89. The van der Waals surface area contributed by atoms with Crippen LogP contribution < -0.4 is 11.2 Å². The summed E-state index contributed by atoms with van der Waals surface area (Å²) in [4.78, 5) is 24.1. The average Bonchev–Trinajstić information content (AvgIpc) is 2.95. The molecule has 7 nitrogen and oxygen atoms in total. The van der Waals surface area contributed by atoms with Gasteiger partial charge in [0.1, 0.15) is 17.3 Å². The van der Waals surface area contributed by atoms with Crippen LogP contribution in [0.15, 0.2) is 39.2 Å². The molecule has 0 radical (unpaired) electrons. The van der Waals surface area contributed by atoms with Crippen LogP contribution in [-0.2, 0) is 9.59 Å². The molecule has 24 heavy (non-hydrogen) atoms. The number of carbonyl (C=O) groups excluding carboxylic acids is 2. The zero-order chi connectivity index (χ0) is 17.4. The second-order valence-electron chi connectivity index (χ2n) is 5.93. The van der Waals surface area contributed by atoms with Gasteiger partial charge in [-0.15, -0.1) is 0 Å². The number of hydrazine groups is 1. The lowest BCUT2D eigenvalue weighted by Gasteiger charge is -2.38. The van der Waals surface area contributed by atoms with Gasteiger partial charge in [-0.25, -0.2) is 5.01 Å².